The molecular weight excluding hydrogens is 883 g/mol. The third kappa shape index (κ3) is 6.29. The predicted octanol–water partition coefficient (Wildman–Crippen LogP) is 19.3. The molecule has 0 saturated heterocycles. The Hall–Kier alpha value is -8.34. The summed E-state index contributed by atoms with van der Waals surface area (Å²) in [5.41, 5.74) is 17.7. The summed E-state index contributed by atoms with van der Waals surface area (Å²) < 4.78 is 5.28. The average molecular weight is 926 g/mol. The summed E-state index contributed by atoms with van der Waals surface area (Å²) in [6, 6.07) is 96.7. The van der Waals surface area contributed by atoms with E-state index in [4.69, 9.17) is 0 Å². The minimum atomic E-state index is -0.517. The first-order valence-electron chi connectivity index (χ1n) is 24.0. The van der Waals surface area contributed by atoms with Crippen LogP contribution in [0.5, 0.6) is 0 Å². The molecule has 70 heavy (non-hydrogen) atoms. The van der Waals surface area contributed by atoms with Crippen molar-refractivity contribution in [2.45, 2.75) is 5.41 Å². The van der Waals surface area contributed by atoms with Gasteiger partial charge >= 0.3 is 0 Å². The fourth-order valence-corrected chi connectivity index (χ4v) is 13.9. The molecule has 14 rings (SSSR count). The number of hydrogen-bond acceptors (Lipinski definition) is 3. The third-order valence-corrected chi connectivity index (χ3v) is 16.9. The Balaban J connectivity index is 0.937. The molecular formula is C67H43NS2. The zero-order valence-corrected chi connectivity index (χ0v) is 39.7. The van der Waals surface area contributed by atoms with Crippen LogP contribution in [0.2, 0.25) is 0 Å². The Morgan fingerprint density at radius 2 is 0.843 bits per heavy atom. The minimum Gasteiger partial charge on any atom is -0.310 e. The molecule has 0 aliphatic heterocycles. The number of fused-ring (bicyclic) bond motifs is 9. The lowest BCUT2D eigenvalue weighted by Gasteiger charge is -2.34. The molecule has 0 fully saturated rings. The Kier molecular flexibility index (Phi) is 9.55. The molecule has 13 aromatic rings. The van der Waals surface area contributed by atoms with Gasteiger partial charge in [-0.15, -0.1) is 22.7 Å². The first-order valence-corrected chi connectivity index (χ1v) is 25.6. The Labute approximate surface area is 415 Å². The molecule has 1 aliphatic rings. The molecule has 328 valence electrons. The molecule has 3 heteroatoms. The lowest BCUT2D eigenvalue weighted by molar-refractivity contribution is 0.768. The maximum Gasteiger partial charge on any atom is 0.0714 e. The maximum atomic E-state index is 2.48. The van der Waals surface area contributed by atoms with E-state index in [9.17, 15) is 0 Å². The molecule has 1 nitrogen and oxygen atoms in total. The van der Waals surface area contributed by atoms with Crippen molar-refractivity contribution in [2.75, 3.05) is 4.90 Å². The zero-order chi connectivity index (χ0) is 46.2. The van der Waals surface area contributed by atoms with E-state index in [0.717, 1.165) is 17.1 Å². The summed E-state index contributed by atoms with van der Waals surface area (Å²) in [6.07, 6.45) is 0. The molecule has 0 amide bonds. The van der Waals surface area contributed by atoms with Crippen molar-refractivity contribution in [1.29, 1.82) is 0 Å². The van der Waals surface area contributed by atoms with Gasteiger partial charge in [0.2, 0.25) is 0 Å². The van der Waals surface area contributed by atoms with Crippen molar-refractivity contribution in [3.05, 3.63) is 283 Å². The van der Waals surface area contributed by atoms with Gasteiger partial charge in [-0.1, -0.05) is 206 Å². The number of benzene rings is 11. The number of nitrogens with zero attached hydrogens (tertiary/aromatic N) is 1. The van der Waals surface area contributed by atoms with Crippen molar-refractivity contribution in [2.24, 2.45) is 0 Å². The van der Waals surface area contributed by atoms with Crippen molar-refractivity contribution < 1.29 is 0 Å². The molecule has 1 aliphatic carbocycles. The van der Waals surface area contributed by atoms with E-state index in [0.29, 0.717) is 0 Å². The van der Waals surface area contributed by atoms with Gasteiger partial charge in [-0.05, 0) is 116 Å². The summed E-state index contributed by atoms with van der Waals surface area (Å²) in [6.45, 7) is 0. The summed E-state index contributed by atoms with van der Waals surface area (Å²) in [7, 11) is 0. The third-order valence-electron chi connectivity index (χ3n) is 14.6. The Bertz CT molecular complexity index is 4070. The highest BCUT2D eigenvalue weighted by Gasteiger charge is 2.47. The molecule has 0 saturated carbocycles. The zero-order valence-electron chi connectivity index (χ0n) is 38.1. The molecule has 0 N–H and O–H groups in total. The molecule has 0 radical (unpaired) electrons. The number of thiophene rings is 2. The second kappa shape index (κ2) is 16.4. The molecule has 0 spiro atoms. The topological polar surface area (TPSA) is 3.24 Å². The largest absolute Gasteiger partial charge is 0.310 e. The van der Waals surface area contributed by atoms with Crippen LogP contribution >= 0.6 is 22.7 Å². The van der Waals surface area contributed by atoms with E-state index in [-0.39, 0.29) is 0 Å². The first-order chi connectivity index (χ1) is 34.7. The van der Waals surface area contributed by atoms with Gasteiger partial charge in [0.1, 0.15) is 0 Å². The first kappa shape index (κ1) is 40.7. The summed E-state index contributed by atoms with van der Waals surface area (Å²) >= 11 is 3.75. The lowest BCUT2D eigenvalue weighted by Crippen LogP contribution is -2.28. The van der Waals surface area contributed by atoms with E-state index in [2.05, 4.69) is 266 Å². The highest BCUT2D eigenvalue weighted by molar-refractivity contribution is 7.26. The van der Waals surface area contributed by atoms with Gasteiger partial charge < -0.3 is 4.90 Å². The van der Waals surface area contributed by atoms with Crippen LogP contribution in [0.1, 0.15) is 22.3 Å². The second-order valence-electron chi connectivity index (χ2n) is 18.3. The molecule has 2 heterocycles. The van der Waals surface area contributed by atoms with Crippen molar-refractivity contribution in [3.8, 4) is 44.5 Å². The second-order valence-corrected chi connectivity index (χ2v) is 20.4. The van der Waals surface area contributed by atoms with E-state index in [1.165, 1.54) is 107 Å². The number of anilines is 3. The molecule has 0 atom stereocenters. The predicted molar refractivity (Wildman–Crippen MR) is 301 cm³/mol. The van der Waals surface area contributed by atoms with Crippen LogP contribution in [0.25, 0.3) is 84.9 Å². The highest BCUT2D eigenvalue weighted by Crippen LogP contribution is 2.59. The molecule has 11 aromatic carbocycles. The standard InChI is InChI=1S/C67H43NS2/c1-3-19-48(20-4-1)67(49-21-5-2-6-22-49)58-29-10-7-24-56(58)65-59(67)30-16-31-60(65)68(51-41-37-45(38-42-51)52-26-15-34-63-64(52)57-25-9-12-33-62(57)69-63)50-39-35-44(36-40-50)46-17-13-18-47(43-46)53-27-14-28-55-54-23-8-11-32-61(54)70-66(53)55/h1-43H. The number of rotatable bonds is 8. The number of hydrogen-bond donors (Lipinski definition) is 0. The van der Waals surface area contributed by atoms with Crippen LogP contribution in [-0.4, -0.2) is 0 Å². The Morgan fingerprint density at radius 1 is 0.314 bits per heavy atom. The fourth-order valence-electron chi connectivity index (χ4n) is 11.5. The van der Waals surface area contributed by atoms with Crippen molar-refractivity contribution in [1.82, 2.24) is 0 Å². The smallest absolute Gasteiger partial charge is 0.0714 e. The fraction of sp³-hybridized carbons (Fsp3) is 0.0149. The normalized spacial score (nSPS) is 12.7. The van der Waals surface area contributed by atoms with Crippen LogP contribution in [-0.2, 0) is 5.41 Å². The molecule has 0 unspecified atom stereocenters. The van der Waals surface area contributed by atoms with Crippen LogP contribution in [0.3, 0.4) is 0 Å². The van der Waals surface area contributed by atoms with Gasteiger partial charge in [0.15, 0.2) is 0 Å². The maximum absolute atomic E-state index is 2.48. The lowest BCUT2D eigenvalue weighted by atomic mass is 9.68. The van der Waals surface area contributed by atoms with Gasteiger partial charge in [0.05, 0.1) is 11.1 Å². The van der Waals surface area contributed by atoms with Crippen LogP contribution in [0.4, 0.5) is 17.1 Å². The van der Waals surface area contributed by atoms with Crippen LogP contribution in [0, 0.1) is 0 Å². The van der Waals surface area contributed by atoms with Gasteiger partial charge in [-0.3, -0.25) is 0 Å². The van der Waals surface area contributed by atoms with Crippen LogP contribution in [0.15, 0.2) is 261 Å². The summed E-state index contributed by atoms with van der Waals surface area (Å²) in [4.78, 5) is 2.48. The van der Waals surface area contributed by atoms with Crippen molar-refractivity contribution in [3.63, 3.8) is 0 Å². The van der Waals surface area contributed by atoms with Crippen LogP contribution < -0.4 is 4.90 Å². The Morgan fingerprint density at radius 3 is 1.60 bits per heavy atom. The minimum absolute atomic E-state index is 0.517. The quantitative estimate of drug-likeness (QED) is 0.147. The van der Waals surface area contributed by atoms with E-state index in [1.807, 2.05) is 22.7 Å². The van der Waals surface area contributed by atoms with Gasteiger partial charge in [0, 0.05) is 57.3 Å². The average Bonchev–Trinajstić information content (AvgIpc) is 4.11. The van der Waals surface area contributed by atoms with E-state index < -0.39 is 5.41 Å². The van der Waals surface area contributed by atoms with E-state index >= 15 is 0 Å². The summed E-state index contributed by atoms with van der Waals surface area (Å²) in [5.74, 6) is 0. The van der Waals surface area contributed by atoms with Gasteiger partial charge in [-0.2, -0.15) is 0 Å². The van der Waals surface area contributed by atoms with Crippen molar-refractivity contribution >= 4 is 80.1 Å². The van der Waals surface area contributed by atoms with E-state index in [1.54, 1.807) is 0 Å². The highest BCUT2D eigenvalue weighted by atomic mass is 32.1. The SMILES string of the molecule is c1ccc(C2(c3ccccc3)c3ccccc3-c3c(N(c4ccc(-c5cccc(-c6cccc7c6sc6ccccc67)c5)cc4)c4ccc(-c5cccc6sc7ccccc7c56)cc4)cccc32)cc1. The molecule has 2 aromatic heterocycles. The molecule has 0 bridgehead atoms. The monoisotopic (exact) mass is 925 g/mol. The summed E-state index contributed by atoms with van der Waals surface area (Å²) in [5, 5.41) is 5.27. The van der Waals surface area contributed by atoms with Gasteiger partial charge in [0.25, 0.3) is 0 Å². The van der Waals surface area contributed by atoms with Gasteiger partial charge in [-0.25, -0.2) is 0 Å².